The lowest BCUT2D eigenvalue weighted by Gasteiger charge is -2.62. The lowest BCUT2D eigenvalue weighted by Crippen LogP contribution is -2.65. The van der Waals surface area contributed by atoms with Crippen molar-refractivity contribution in [3.8, 4) is 0 Å². The van der Waals surface area contributed by atoms with Crippen LogP contribution in [0.4, 0.5) is 0 Å². The minimum absolute atomic E-state index is 0.271. The first kappa shape index (κ1) is 23.5. The van der Waals surface area contributed by atoms with Crippen molar-refractivity contribution in [2.24, 2.45) is 46.3 Å². The van der Waals surface area contributed by atoms with Gasteiger partial charge in [0.25, 0.3) is 0 Å². The molecule has 0 unspecified atom stereocenters. The molecule has 176 valence electrons. The van der Waals surface area contributed by atoms with Crippen LogP contribution < -0.4 is 0 Å². The second-order valence-corrected chi connectivity index (χ2v) is 12.5. The first-order valence-electron chi connectivity index (χ1n) is 12.9. The van der Waals surface area contributed by atoms with Crippen molar-refractivity contribution in [3.05, 3.63) is 23.8 Å². The third-order valence-corrected chi connectivity index (χ3v) is 10.7. The van der Waals surface area contributed by atoms with E-state index in [4.69, 9.17) is 0 Å². The van der Waals surface area contributed by atoms with Crippen LogP contribution >= 0.6 is 0 Å². The highest BCUT2D eigenvalue weighted by Gasteiger charge is 2.64. The van der Waals surface area contributed by atoms with Gasteiger partial charge in [-0.05, 0) is 79.4 Å². The van der Waals surface area contributed by atoms with Crippen LogP contribution in [-0.4, -0.2) is 33.1 Å². The maximum Gasteiger partial charge on any atom is 0.102 e. The fourth-order valence-electron chi connectivity index (χ4n) is 8.16. The van der Waals surface area contributed by atoms with E-state index in [0.29, 0.717) is 41.9 Å². The predicted molar refractivity (Wildman–Crippen MR) is 126 cm³/mol. The van der Waals surface area contributed by atoms with Gasteiger partial charge >= 0.3 is 0 Å². The number of allylic oxidation sites excluding steroid dienone is 3. The van der Waals surface area contributed by atoms with Crippen LogP contribution in [0.1, 0.15) is 86.5 Å². The van der Waals surface area contributed by atoms with Gasteiger partial charge in [0.15, 0.2) is 0 Å². The normalized spacial score (nSPS) is 49.4. The standard InChI is InChI=1S/C28H46O3/c1-17(2)18(3)7-8-19(4)22-9-10-23-21-15-25(30)28(31)16-20(29)11-14-27(28,6)24(21)12-13-26(22,23)5/h7-8,15,17-20,22-25,29-31H,9-14,16H2,1-6H3/b8-7+/t18-,19+,20-,22+,23+,24+,25+,26+,27+,28-/m0/s1. The topological polar surface area (TPSA) is 60.7 Å². The van der Waals surface area contributed by atoms with Crippen LogP contribution in [0.15, 0.2) is 23.8 Å². The van der Waals surface area contributed by atoms with Crippen molar-refractivity contribution in [1.82, 2.24) is 0 Å². The Bertz CT molecular complexity index is 741. The van der Waals surface area contributed by atoms with Gasteiger partial charge in [0.2, 0.25) is 0 Å². The number of rotatable bonds is 4. The van der Waals surface area contributed by atoms with E-state index >= 15 is 0 Å². The lowest BCUT2D eigenvalue weighted by atomic mass is 9.45. The molecule has 0 aromatic heterocycles. The van der Waals surface area contributed by atoms with Crippen LogP contribution in [-0.2, 0) is 0 Å². The summed E-state index contributed by atoms with van der Waals surface area (Å²) in [5.74, 6) is 3.37. The molecule has 0 radical (unpaired) electrons. The Morgan fingerprint density at radius 1 is 0.935 bits per heavy atom. The van der Waals surface area contributed by atoms with E-state index in [2.05, 4.69) is 53.7 Å². The summed E-state index contributed by atoms with van der Waals surface area (Å²) < 4.78 is 0. The van der Waals surface area contributed by atoms with Gasteiger partial charge in [-0.25, -0.2) is 0 Å². The van der Waals surface area contributed by atoms with Crippen molar-refractivity contribution in [2.75, 3.05) is 0 Å². The molecule has 3 saturated carbocycles. The van der Waals surface area contributed by atoms with Crippen molar-refractivity contribution in [3.63, 3.8) is 0 Å². The van der Waals surface area contributed by atoms with Gasteiger partial charge < -0.3 is 15.3 Å². The predicted octanol–water partition coefficient (Wildman–Crippen LogP) is 5.50. The first-order valence-corrected chi connectivity index (χ1v) is 12.9. The fourth-order valence-corrected chi connectivity index (χ4v) is 8.16. The maximum absolute atomic E-state index is 11.6. The molecule has 3 fully saturated rings. The van der Waals surface area contributed by atoms with E-state index in [-0.39, 0.29) is 10.8 Å². The summed E-state index contributed by atoms with van der Waals surface area (Å²) in [6, 6.07) is 0. The highest BCUT2D eigenvalue weighted by Crippen LogP contribution is 2.67. The second kappa shape index (κ2) is 7.99. The smallest absolute Gasteiger partial charge is 0.102 e. The number of aliphatic hydroxyl groups excluding tert-OH is 2. The molecule has 0 aromatic carbocycles. The van der Waals surface area contributed by atoms with E-state index in [1.54, 1.807) is 0 Å². The molecule has 4 rings (SSSR count). The van der Waals surface area contributed by atoms with Crippen LogP contribution in [0.25, 0.3) is 0 Å². The largest absolute Gasteiger partial charge is 0.393 e. The Kier molecular flexibility index (Phi) is 6.06. The summed E-state index contributed by atoms with van der Waals surface area (Å²) in [6.45, 7) is 14.0. The number of hydrogen-bond acceptors (Lipinski definition) is 3. The molecule has 0 amide bonds. The van der Waals surface area contributed by atoms with Crippen molar-refractivity contribution >= 4 is 0 Å². The number of aliphatic hydroxyl groups is 3. The van der Waals surface area contributed by atoms with E-state index in [1.165, 1.54) is 24.8 Å². The minimum Gasteiger partial charge on any atom is -0.393 e. The average molecular weight is 431 g/mol. The molecule has 10 atom stereocenters. The van der Waals surface area contributed by atoms with Crippen molar-refractivity contribution in [1.29, 1.82) is 0 Å². The van der Waals surface area contributed by atoms with Crippen LogP contribution in [0, 0.1) is 46.3 Å². The molecule has 0 aromatic rings. The highest BCUT2D eigenvalue weighted by atomic mass is 16.3. The second-order valence-electron chi connectivity index (χ2n) is 12.5. The third-order valence-electron chi connectivity index (χ3n) is 10.7. The molecule has 3 heteroatoms. The zero-order valence-corrected chi connectivity index (χ0v) is 20.6. The molecule has 3 nitrogen and oxygen atoms in total. The Balaban J connectivity index is 1.61. The number of fused-ring (bicyclic) bond motifs is 5. The molecule has 0 bridgehead atoms. The van der Waals surface area contributed by atoms with Gasteiger partial charge in [0.05, 0.1) is 6.10 Å². The monoisotopic (exact) mass is 430 g/mol. The lowest BCUT2D eigenvalue weighted by molar-refractivity contribution is -0.210. The summed E-state index contributed by atoms with van der Waals surface area (Å²) in [4.78, 5) is 0. The van der Waals surface area contributed by atoms with E-state index < -0.39 is 17.8 Å². The zero-order valence-electron chi connectivity index (χ0n) is 20.6. The van der Waals surface area contributed by atoms with E-state index in [9.17, 15) is 15.3 Å². The maximum atomic E-state index is 11.6. The minimum atomic E-state index is -1.20. The van der Waals surface area contributed by atoms with Crippen LogP contribution in [0.2, 0.25) is 0 Å². The summed E-state index contributed by atoms with van der Waals surface area (Å²) in [5, 5.41) is 32.9. The van der Waals surface area contributed by atoms with Crippen molar-refractivity contribution < 1.29 is 15.3 Å². The Morgan fingerprint density at radius 3 is 2.32 bits per heavy atom. The van der Waals surface area contributed by atoms with Gasteiger partial charge in [0.1, 0.15) is 11.7 Å². The number of hydrogen-bond donors (Lipinski definition) is 3. The molecular formula is C28H46O3. The average Bonchev–Trinajstić information content (AvgIpc) is 3.05. The van der Waals surface area contributed by atoms with Crippen LogP contribution in [0.5, 0.6) is 0 Å². The van der Waals surface area contributed by atoms with Gasteiger partial charge in [-0.2, -0.15) is 0 Å². The van der Waals surface area contributed by atoms with Gasteiger partial charge in [-0.3, -0.25) is 0 Å². The van der Waals surface area contributed by atoms with Crippen molar-refractivity contribution in [2.45, 2.75) is 104 Å². The molecule has 0 spiro atoms. The Labute approximate surface area is 190 Å². The Hall–Kier alpha value is -0.640. The SMILES string of the molecule is CC(C)[C@@H](C)/C=C/[C@@H](C)[C@H]1CC[C@@H]2C3=C[C@@H](O)[C@@]4(O)C[C@@H](O)CC[C@]4(C)[C@@H]3CC[C@@]21C. The molecule has 31 heavy (non-hydrogen) atoms. The molecule has 0 heterocycles. The molecule has 0 aliphatic heterocycles. The highest BCUT2D eigenvalue weighted by molar-refractivity contribution is 5.33. The fraction of sp³-hybridized carbons (Fsp3) is 0.857. The first-order chi connectivity index (χ1) is 14.4. The summed E-state index contributed by atoms with van der Waals surface area (Å²) in [7, 11) is 0. The Morgan fingerprint density at radius 2 is 1.65 bits per heavy atom. The van der Waals surface area contributed by atoms with Crippen LogP contribution in [0.3, 0.4) is 0 Å². The van der Waals surface area contributed by atoms with E-state index in [0.717, 1.165) is 19.3 Å². The molecule has 0 saturated heterocycles. The quantitative estimate of drug-likeness (QED) is 0.516. The van der Waals surface area contributed by atoms with Gasteiger partial charge in [-0.15, -0.1) is 0 Å². The van der Waals surface area contributed by atoms with Gasteiger partial charge in [-0.1, -0.05) is 65.3 Å². The molecular weight excluding hydrogens is 384 g/mol. The summed E-state index contributed by atoms with van der Waals surface area (Å²) in [6.07, 6.45) is 12.1. The molecule has 4 aliphatic rings. The molecule has 4 aliphatic carbocycles. The van der Waals surface area contributed by atoms with E-state index in [1.807, 2.05) is 6.08 Å². The summed E-state index contributed by atoms with van der Waals surface area (Å²) >= 11 is 0. The third kappa shape index (κ3) is 3.49. The summed E-state index contributed by atoms with van der Waals surface area (Å²) in [5.41, 5.74) is 0.160. The zero-order chi connectivity index (χ0) is 22.8. The molecule has 3 N–H and O–H groups in total. The van der Waals surface area contributed by atoms with Gasteiger partial charge in [0, 0.05) is 11.8 Å².